The van der Waals surface area contributed by atoms with Crippen molar-refractivity contribution in [1.82, 2.24) is 20.1 Å². The Morgan fingerprint density at radius 3 is 2.55 bits per heavy atom. The zero-order valence-corrected chi connectivity index (χ0v) is 12.3. The normalized spacial score (nSPS) is 10.2. The molecule has 0 radical (unpaired) electrons. The molecule has 0 spiro atoms. The van der Waals surface area contributed by atoms with E-state index in [2.05, 4.69) is 22.4 Å². The van der Waals surface area contributed by atoms with Gasteiger partial charge in [0.25, 0.3) is 0 Å². The topological polar surface area (TPSA) is 46.2 Å². The third-order valence-corrected chi connectivity index (χ3v) is 2.69. The summed E-state index contributed by atoms with van der Waals surface area (Å²) in [6, 6.07) is 10.8. The zero-order chi connectivity index (χ0) is 14.5. The van der Waals surface area contributed by atoms with Crippen LogP contribution in [0.3, 0.4) is 0 Å². The van der Waals surface area contributed by atoms with Crippen molar-refractivity contribution in [2.75, 3.05) is 28.2 Å². The molecule has 20 heavy (non-hydrogen) atoms. The van der Waals surface area contributed by atoms with Gasteiger partial charge < -0.3 is 0 Å². The maximum absolute atomic E-state index is 5.67. The molecule has 6 heteroatoms. The summed E-state index contributed by atoms with van der Waals surface area (Å²) in [6.07, 6.45) is 2.53. The van der Waals surface area contributed by atoms with Gasteiger partial charge in [-0.05, 0) is 10.8 Å². The lowest BCUT2D eigenvalue weighted by Crippen LogP contribution is -2.38. The minimum absolute atomic E-state index is 0.682. The average molecular weight is 274 g/mol. The lowest BCUT2D eigenvalue weighted by molar-refractivity contribution is -0.480. The van der Waals surface area contributed by atoms with E-state index in [1.54, 1.807) is 6.20 Å². The van der Waals surface area contributed by atoms with Gasteiger partial charge in [-0.15, -0.1) is 5.10 Å². The van der Waals surface area contributed by atoms with Gasteiger partial charge in [0.05, 0.1) is 40.1 Å². The maximum atomic E-state index is 5.67. The number of amidine groups is 1. The van der Waals surface area contributed by atoms with E-state index in [4.69, 9.17) is 4.84 Å². The number of nitrogens with zero attached hydrogens (tertiary/aromatic N) is 5. The quantitative estimate of drug-likeness (QED) is 0.464. The molecule has 1 heterocycles. The molecule has 0 N–H and O–H groups in total. The highest BCUT2D eigenvalue weighted by Crippen LogP contribution is 2.05. The fraction of sp³-hybridized carbons (Fsp3) is 0.357. The first-order chi connectivity index (χ1) is 9.56. The lowest BCUT2D eigenvalue weighted by Gasteiger charge is -2.09. The van der Waals surface area contributed by atoms with Gasteiger partial charge in [-0.2, -0.15) is 0 Å². The van der Waals surface area contributed by atoms with Crippen molar-refractivity contribution in [3.05, 3.63) is 47.8 Å². The minimum Gasteiger partial charge on any atom is -0.279 e. The smallest absolute Gasteiger partial charge is 0.279 e. The van der Waals surface area contributed by atoms with Crippen LogP contribution in [0, 0.1) is 0 Å². The summed E-state index contributed by atoms with van der Waals surface area (Å²) in [5, 5.41) is 8.11. The van der Waals surface area contributed by atoms with Gasteiger partial charge in [0.15, 0.2) is 0 Å². The predicted molar refractivity (Wildman–Crippen MR) is 76.7 cm³/mol. The van der Waals surface area contributed by atoms with E-state index in [0.29, 0.717) is 6.02 Å². The molecule has 1 aromatic carbocycles. The van der Waals surface area contributed by atoms with Gasteiger partial charge in [-0.3, -0.25) is 4.84 Å². The van der Waals surface area contributed by atoms with E-state index >= 15 is 0 Å². The molecule has 6 nitrogen and oxygen atoms in total. The van der Waals surface area contributed by atoms with E-state index in [9.17, 15) is 0 Å². The van der Waals surface area contributed by atoms with Crippen LogP contribution in [0.1, 0.15) is 11.3 Å². The van der Waals surface area contributed by atoms with Gasteiger partial charge in [0.2, 0.25) is 0 Å². The molecular formula is C14H20N5O+. The number of hydrogen-bond acceptors (Lipinski definition) is 3. The van der Waals surface area contributed by atoms with Crippen molar-refractivity contribution in [3.63, 3.8) is 0 Å². The molecule has 0 saturated carbocycles. The zero-order valence-electron chi connectivity index (χ0n) is 12.3. The monoisotopic (exact) mass is 274 g/mol. The van der Waals surface area contributed by atoms with E-state index in [1.807, 2.05) is 55.9 Å². The molecule has 106 valence electrons. The molecule has 0 aliphatic heterocycles. The highest BCUT2D eigenvalue weighted by molar-refractivity contribution is 5.67. The first-order valence-corrected chi connectivity index (χ1v) is 6.41. The summed E-state index contributed by atoms with van der Waals surface area (Å²) >= 11 is 0. The molecule has 0 unspecified atom stereocenters. The highest BCUT2D eigenvalue weighted by atomic mass is 16.7. The third kappa shape index (κ3) is 3.57. The predicted octanol–water partition coefficient (Wildman–Crippen LogP) is 0.487. The largest absolute Gasteiger partial charge is 0.471 e. The van der Waals surface area contributed by atoms with Gasteiger partial charge >= 0.3 is 6.02 Å². The lowest BCUT2D eigenvalue weighted by atomic mass is 10.1. The second-order valence-electron chi connectivity index (χ2n) is 4.94. The Morgan fingerprint density at radius 2 is 1.95 bits per heavy atom. The van der Waals surface area contributed by atoms with Crippen LogP contribution in [0.5, 0.6) is 0 Å². The highest BCUT2D eigenvalue weighted by Gasteiger charge is 2.16. The van der Waals surface area contributed by atoms with Crippen LogP contribution >= 0.6 is 0 Å². The van der Waals surface area contributed by atoms with Gasteiger partial charge in [-0.25, -0.2) is 9.48 Å². The van der Waals surface area contributed by atoms with Crippen molar-refractivity contribution >= 4 is 6.02 Å². The summed E-state index contributed by atoms with van der Waals surface area (Å²) < 4.78 is 1.87. The summed E-state index contributed by atoms with van der Waals surface area (Å²) in [7, 11) is 7.66. The van der Waals surface area contributed by atoms with Gasteiger partial charge in [-0.1, -0.05) is 35.2 Å². The summed E-state index contributed by atoms with van der Waals surface area (Å²) in [6.45, 7) is 0. The SMILES string of the molecule is CN(C)C(On1cc(Cc2ccccc2)nn1)=[N+](C)C. The Morgan fingerprint density at radius 1 is 1.25 bits per heavy atom. The first kappa shape index (κ1) is 14.0. The standard InChI is InChI=1S/C14H20N5O/c1-17(2)14(18(3)4)20-19-11-13(15-16-19)10-12-8-6-5-7-9-12/h5-9,11H,10H2,1-4H3/q+1. The Kier molecular flexibility index (Phi) is 4.34. The molecule has 2 aromatic rings. The molecule has 0 fully saturated rings. The molecule has 0 saturated heterocycles. The van der Waals surface area contributed by atoms with Crippen molar-refractivity contribution in [2.24, 2.45) is 0 Å². The van der Waals surface area contributed by atoms with Crippen LogP contribution in [0.15, 0.2) is 36.5 Å². The van der Waals surface area contributed by atoms with Gasteiger partial charge in [0, 0.05) is 6.42 Å². The average Bonchev–Trinajstić information content (AvgIpc) is 2.84. The second-order valence-corrected chi connectivity index (χ2v) is 4.94. The number of benzene rings is 1. The van der Waals surface area contributed by atoms with Crippen LogP contribution in [0.25, 0.3) is 0 Å². The van der Waals surface area contributed by atoms with E-state index in [-0.39, 0.29) is 0 Å². The third-order valence-electron chi connectivity index (χ3n) is 2.69. The molecule has 0 aliphatic rings. The summed E-state index contributed by atoms with van der Waals surface area (Å²) in [5.74, 6) is 0. The molecule has 0 aliphatic carbocycles. The Hall–Kier alpha value is -2.37. The minimum atomic E-state index is 0.682. The Labute approximate surface area is 118 Å². The Bertz CT molecular complexity index is 585. The number of rotatable bonds is 3. The Balaban J connectivity index is 2.08. The molecule has 0 atom stereocenters. The molecule has 2 rings (SSSR count). The number of hydrogen-bond donors (Lipinski definition) is 0. The summed E-state index contributed by atoms with van der Waals surface area (Å²) in [4.78, 5) is 8.92. The maximum Gasteiger partial charge on any atom is 0.471 e. The number of aromatic nitrogens is 3. The van der Waals surface area contributed by atoms with Crippen molar-refractivity contribution in [1.29, 1.82) is 0 Å². The van der Waals surface area contributed by atoms with Crippen LogP contribution in [-0.4, -0.2) is 58.8 Å². The summed E-state index contributed by atoms with van der Waals surface area (Å²) in [5.41, 5.74) is 2.07. The van der Waals surface area contributed by atoms with Crippen LogP contribution in [0.4, 0.5) is 0 Å². The van der Waals surface area contributed by atoms with E-state index < -0.39 is 0 Å². The van der Waals surface area contributed by atoms with Crippen LogP contribution < -0.4 is 4.84 Å². The van der Waals surface area contributed by atoms with E-state index in [0.717, 1.165) is 12.1 Å². The van der Waals surface area contributed by atoms with E-state index in [1.165, 1.54) is 10.4 Å². The van der Waals surface area contributed by atoms with Crippen LogP contribution in [0.2, 0.25) is 0 Å². The van der Waals surface area contributed by atoms with Crippen LogP contribution in [-0.2, 0) is 6.42 Å². The van der Waals surface area contributed by atoms with Crippen molar-refractivity contribution < 1.29 is 9.41 Å². The molecule has 0 bridgehead atoms. The van der Waals surface area contributed by atoms with Crippen molar-refractivity contribution in [3.8, 4) is 0 Å². The second kappa shape index (κ2) is 6.18. The fourth-order valence-corrected chi connectivity index (χ4v) is 1.86. The molecule has 1 aromatic heterocycles. The molecular weight excluding hydrogens is 254 g/mol. The fourth-order valence-electron chi connectivity index (χ4n) is 1.86. The van der Waals surface area contributed by atoms with Gasteiger partial charge in [0.1, 0.15) is 0 Å². The molecule has 0 amide bonds. The van der Waals surface area contributed by atoms with Crippen molar-refractivity contribution in [2.45, 2.75) is 6.42 Å². The first-order valence-electron chi connectivity index (χ1n) is 6.41.